The summed E-state index contributed by atoms with van der Waals surface area (Å²) in [6.45, 7) is 0.440. The maximum atomic E-state index is 12.9. The summed E-state index contributed by atoms with van der Waals surface area (Å²) in [5.41, 5.74) is 0.746. The highest BCUT2D eigenvalue weighted by molar-refractivity contribution is 9.10. The third kappa shape index (κ3) is 3.25. The van der Waals surface area contributed by atoms with E-state index in [-0.39, 0.29) is 27.5 Å². The van der Waals surface area contributed by atoms with E-state index in [4.69, 9.17) is 0 Å². The fourth-order valence-corrected chi connectivity index (χ4v) is 7.25. The summed E-state index contributed by atoms with van der Waals surface area (Å²) in [7, 11) is 1.86. The molecule has 4 aliphatic rings. The smallest absolute Gasteiger partial charge is 0.307 e. The van der Waals surface area contributed by atoms with E-state index in [1.165, 1.54) is 12.6 Å². The molecule has 9 nitrogen and oxygen atoms in total. The summed E-state index contributed by atoms with van der Waals surface area (Å²) in [6, 6.07) is 0. The van der Waals surface area contributed by atoms with Gasteiger partial charge in [-0.25, -0.2) is 0 Å². The zero-order valence-corrected chi connectivity index (χ0v) is 18.5. The number of aryl methyl sites for hydroxylation is 1. The Morgan fingerprint density at radius 2 is 2.03 bits per heavy atom. The molecule has 2 heterocycles. The van der Waals surface area contributed by atoms with Crippen molar-refractivity contribution in [1.82, 2.24) is 24.9 Å². The number of hydrogen-bond donors (Lipinski definition) is 1. The van der Waals surface area contributed by atoms with Gasteiger partial charge in [-0.3, -0.25) is 24.3 Å². The Bertz CT molecular complexity index is 981. The highest BCUT2D eigenvalue weighted by Crippen LogP contribution is 2.65. The summed E-state index contributed by atoms with van der Waals surface area (Å²) in [5, 5.41) is 22.8. The van der Waals surface area contributed by atoms with E-state index in [0.29, 0.717) is 24.8 Å². The van der Waals surface area contributed by atoms with Crippen molar-refractivity contribution in [1.29, 1.82) is 0 Å². The number of hydrogen-bond acceptors (Lipinski definition) is 5. The van der Waals surface area contributed by atoms with Crippen LogP contribution in [0, 0.1) is 27.4 Å². The standard InChI is InChI=1S/C20H25BrN6O3/c1-25-17(16(21)9-23-25)10-22-18(28)7-19-3-13-2-14(4-19)6-20(5-13,12-19)26-11-15(8-24-26)27(29)30/h8-9,11,13-14H,2-7,10,12H2,1H3,(H,22,28). The van der Waals surface area contributed by atoms with Crippen LogP contribution in [0.5, 0.6) is 0 Å². The van der Waals surface area contributed by atoms with E-state index in [1.807, 2.05) is 11.7 Å². The SMILES string of the molecule is Cn1ncc(Br)c1CNC(=O)CC12CC3CC(C1)CC(n1cc([N+](=O)[O-])cn1)(C3)C2. The Hall–Kier alpha value is -2.23. The van der Waals surface area contributed by atoms with Gasteiger partial charge in [0, 0.05) is 13.5 Å². The molecular weight excluding hydrogens is 452 g/mol. The number of nitro groups is 1. The van der Waals surface area contributed by atoms with Gasteiger partial charge in [0.25, 0.3) is 0 Å². The maximum absolute atomic E-state index is 12.9. The Morgan fingerprint density at radius 3 is 2.63 bits per heavy atom. The minimum Gasteiger partial charge on any atom is -0.350 e. The number of nitrogens with one attached hydrogen (secondary N) is 1. The quantitative estimate of drug-likeness (QED) is 0.508. The lowest BCUT2D eigenvalue weighted by molar-refractivity contribution is -0.385. The van der Waals surface area contributed by atoms with Crippen LogP contribution in [0.3, 0.4) is 0 Å². The first-order chi connectivity index (χ1) is 14.3. The van der Waals surface area contributed by atoms with Gasteiger partial charge >= 0.3 is 5.69 Å². The summed E-state index contributed by atoms with van der Waals surface area (Å²) in [6.07, 6.45) is 11.4. The van der Waals surface area contributed by atoms with Gasteiger partial charge in [-0.05, 0) is 71.7 Å². The van der Waals surface area contributed by atoms with Gasteiger partial charge in [-0.2, -0.15) is 10.2 Å². The highest BCUT2D eigenvalue weighted by Gasteiger charge is 2.59. The highest BCUT2D eigenvalue weighted by atomic mass is 79.9. The number of aromatic nitrogens is 4. The maximum Gasteiger partial charge on any atom is 0.307 e. The molecular formula is C20H25BrN6O3. The van der Waals surface area contributed by atoms with Crippen LogP contribution < -0.4 is 5.32 Å². The molecule has 2 aromatic rings. The predicted octanol–water partition coefficient (Wildman–Crippen LogP) is 3.29. The minimum atomic E-state index is -0.385. The molecule has 0 aliphatic heterocycles. The second kappa shape index (κ2) is 6.90. The molecule has 160 valence electrons. The molecule has 0 spiro atoms. The summed E-state index contributed by atoms with van der Waals surface area (Å²) >= 11 is 3.47. The fraction of sp³-hybridized carbons (Fsp3) is 0.650. The van der Waals surface area contributed by atoms with Crippen molar-refractivity contribution in [2.75, 3.05) is 0 Å². The van der Waals surface area contributed by atoms with Crippen LogP contribution in [0.25, 0.3) is 0 Å². The molecule has 10 heteroatoms. The first-order valence-corrected chi connectivity index (χ1v) is 11.2. The monoisotopic (exact) mass is 476 g/mol. The van der Waals surface area contributed by atoms with Gasteiger partial charge in [0.15, 0.2) is 0 Å². The lowest BCUT2D eigenvalue weighted by Gasteiger charge is -2.61. The van der Waals surface area contributed by atoms with Gasteiger partial charge in [-0.1, -0.05) is 0 Å². The molecule has 0 radical (unpaired) electrons. The summed E-state index contributed by atoms with van der Waals surface area (Å²) in [5.74, 6) is 1.19. The van der Waals surface area contributed by atoms with Crippen molar-refractivity contribution in [2.45, 2.75) is 57.0 Å². The Balaban J connectivity index is 1.34. The molecule has 2 atom stereocenters. The van der Waals surface area contributed by atoms with Crippen molar-refractivity contribution < 1.29 is 9.72 Å². The van der Waals surface area contributed by atoms with Crippen molar-refractivity contribution in [3.63, 3.8) is 0 Å². The second-order valence-corrected chi connectivity index (χ2v) is 10.5. The van der Waals surface area contributed by atoms with E-state index in [1.54, 1.807) is 17.1 Å². The molecule has 4 fully saturated rings. The first-order valence-electron chi connectivity index (χ1n) is 10.4. The summed E-state index contributed by atoms with van der Waals surface area (Å²) in [4.78, 5) is 23.7. The minimum absolute atomic E-state index is 0.0410. The zero-order chi connectivity index (χ0) is 21.1. The molecule has 1 amide bonds. The number of amides is 1. The summed E-state index contributed by atoms with van der Waals surface area (Å²) < 4.78 is 4.50. The van der Waals surface area contributed by atoms with Crippen LogP contribution in [0.1, 0.15) is 50.6 Å². The van der Waals surface area contributed by atoms with Crippen molar-refractivity contribution in [3.8, 4) is 0 Å². The third-order valence-electron chi connectivity index (χ3n) is 7.42. The fourth-order valence-electron chi connectivity index (χ4n) is 6.76. The van der Waals surface area contributed by atoms with Gasteiger partial charge in [0.2, 0.25) is 5.91 Å². The van der Waals surface area contributed by atoms with Crippen LogP contribution in [0.4, 0.5) is 5.69 Å². The molecule has 6 rings (SSSR count). The number of carbonyl (C=O) groups excluding carboxylic acids is 1. The Kier molecular flexibility index (Phi) is 4.53. The largest absolute Gasteiger partial charge is 0.350 e. The number of carbonyl (C=O) groups is 1. The van der Waals surface area contributed by atoms with Crippen LogP contribution in [0.15, 0.2) is 23.1 Å². The van der Waals surface area contributed by atoms with E-state index >= 15 is 0 Å². The van der Waals surface area contributed by atoms with Crippen molar-refractivity contribution >= 4 is 27.5 Å². The molecule has 0 saturated heterocycles. The first kappa shape index (κ1) is 19.7. The molecule has 0 aromatic carbocycles. The van der Waals surface area contributed by atoms with Gasteiger partial charge in [0.05, 0.1) is 33.4 Å². The lowest BCUT2D eigenvalue weighted by Crippen LogP contribution is -2.57. The van der Waals surface area contributed by atoms with Crippen LogP contribution in [0.2, 0.25) is 0 Å². The third-order valence-corrected chi connectivity index (χ3v) is 8.08. The number of rotatable bonds is 6. The number of halogens is 1. The Labute approximate surface area is 182 Å². The van der Waals surface area contributed by atoms with Gasteiger partial charge in [0.1, 0.15) is 12.4 Å². The van der Waals surface area contributed by atoms with Crippen LogP contribution in [-0.4, -0.2) is 30.4 Å². The van der Waals surface area contributed by atoms with Crippen molar-refractivity contribution in [3.05, 3.63) is 38.9 Å². The molecule has 1 N–H and O–H groups in total. The van der Waals surface area contributed by atoms with E-state index in [2.05, 4.69) is 31.4 Å². The van der Waals surface area contributed by atoms with Crippen molar-refractivity contribution in [2.24, 2.45) is 24.3 Å². The molecule has 30 heavy (non-hydrogen) atoms. The van der Waals surface area contributed by atoms with Crippen LogP contribution >= 0.6 is 15.9 Å². The topological polar surface area (TPSA) is 108 Å². The average molecular weight is 477 g/mol. The molecule has 2 unspecified atom stereocenters. The molecule has 2 aromatic heterocycles. The molecule has 4 saturated carbocycles. The van der Waals surface area contributed by atoms with Gasteiger partial charge < -0.3 is 5.32 Å². The molecule has 4 aliphatic carbocycles. The zero-order valence-electron chi connectivity index (χ0n) is 16.9. The Morgan fingerprint density at radius 1 is 1.30 bits per heavy atom. The average Bonchev–Trinajstić information content (AvgIpc) is 3.27. The second-order valence-electron chi connectivity index (χ2n) is 9.60. The normalized spacial score (nSPS) is 31.8. The van der Waals surface area contributed by atoms with Crippen LogP contribution in [-0.2, 0) is 23.9 Å². The molecule has 4 bridgehead atoms. The van der Waals surface area contributed by atoms with E-state index in [9.17, 15) is 14.9 Å². The number of nitrogens with zero attached hydrogens (tertiary/aromatic N) is 5. The van der Waals surface area contributed by atoms with E-state index < -0.39 is 0 Å². The van der Waals surface area contributed by atoms with Gasteiger partial charge in [-0.15, -0.1) is 0 Å². The lowest BCUT2D eigenvalue weighted by atomic mass is 9.46. The van der Waals surface area contributed by atoms with E-state index in [0.717, 1.165) is 42.3 Å². The predicted molar refractivity (Wildman–Crippen MR) is 111 cm³/mol.